The van der Waals surface area contributed by atoms with Crippen LogP contribution < -0.4 is 4.90 Å². The Morgan fingerprint density at radius 1 is 1.21 bits per heavy atom. The minimum Gasteiger partial charge on any atom is -0.353 e. The van der Waals surface area contributed by atoms with E-state index in [0.717, 1.165) is 32.0 Å². The number of anilines is 1. The summed E-state index contributed by atoms with van der Waals surface area (Å²) < 4.78 is 23.1. The topological polar surface area (TPSA) is 86.7 Å². The zero-order valence-electron chi connectivity index (χ0n) is 14.1. The van der Waals surface area contributed by atoms with Gasteiger partial charge in [-0.15, -0.1) is 0 Å². The maximum Gasteiger partial charge on any atom is 0.274 e. The minimum absolute atomic E-state index is 0.0298. The second-order valence-electron chi connectivity index (χ2n) is 6.52. The van der Waals surface area contributed by atoms with E-state index in [0.29, 0.717) is 6.42 Å². The van der Waals surface area contributed by atoms with Crippen LogP contribution in [0.25, 0.3) is 0 Å². The monoisotopic (exact) mass is 353 g/mol. The van der Waals surface area contributed by atoms with Gasteiger partial charge in [0.25, 0.3) is 5.91 Å². The molecule has 9 heteroatoms. The van der Waals surface area contributed by atoms with Crippen LogP contribution in [0.15, 0.2) is 12.4 Å². The average Bonchev–Trinajstić information content (AvgIpc) is 2.94. The van der Waals surface area contributed by atoms with E-state index in [1.807, 2.05) is 0 Å². The molecule has 0 aliphatic carbocycles. The number of rotatable bonds is 3. The third-order valence-corrected chi connectivity index (χ3v) is 6.51. The molecule has 1 amide bonds. The molecule has 3 rings (SSSR count). The molecule has 2 aliphatic rings. The van der Waals surface area contributed by atoms with E-state index < -0.39 is 9.84 Å². The Morgan fingerprint density at radius 3 is 2.46 bits per heavy atom. The lowest BCUT2D eigenvalue weighted by molar-refractivity contribution is 0.0741. The molecule has 0 saturated carbocycles. The van der Waals surface area contributed by atoms with Crippen molar-refractivity contribution in [2.75, 3.05) is 56.7 Å². The van der Waals surface area contributed by atoms with Crippen LogP contribution in [0.3, 0.4) is 0 Å². The number of piperazine rings is 1. The average molecular weight is 353 g/mol. The maximum atomic E-state index is 12.5. The standard InChI is InChI=1S/C15H23N5O3S/c1-18-4-6-20(7-5-18)14-10-16-13(9-17-14)15(21)19(2)12-3-8-24(22,23)11-12/h9-10,12H,3-8,11H2,1-2H3. The number of sulfone groups is 1. The molecular formula is C15H23N5O3S. The molecule has 0 bridgehead atoms. The predicted octanol–water partition coefficient (Wildman–Crippen LogP) is -0.512. The minimum atomic E-state index is -3.02. The molecule has 0 spiro atoms. The van der Waals surface area contributed by atoms with Crippen molar-refractivity contribution >= 4 is 21.6 Å². The van der Waals surface area contributed by atoms with Gasteiger partial charge < -0.3 is 14.7 Å². The Kier molecular flexibility index (Phi) is 4.73. The number of hydrogen-bond donors (Lipinski definition) is 0. The van der Waals surface area contributed by atoms with Crippen molar-refractivity contribution in [3.63, 3.8) is 0 Å². The van der Waals surface area contributed by atoms with E-state index in [1.54, 1.807) is 13.2 Å². The first-order valence-electron chi connectivity index (χ1n) is 8.09. The maximum absolute atomic E-state index is 12.5. The van der Waals surface area contributed by atoms with E-state index in [-0.39, 0.29) is 29.1 Å². The Balaban J connectivity index is 1.65. The Labute approximate surface area is 142 Å². The fourth-order valence-corrected chi connectivity index (χ4v) is 4.83. The van der Waals surface area contributed by atoms with Crippen LogP contribution in [0.4, 0.5) is 5.82 Å². The molecule has 1 aromatic rings. The number of hydrogen-bond acceptors (Lipinski definition) is 7. The van der Waals surface area contributed by atoms with Gasteiger partial charge in [-0.1, -0.05) is 0 Å². The van der Waals surface area contributed by atoms with Crippen molar-refractivity contribution in [3.05, 3.63) is 18.1 Å². The van der Waals surface area contributed by atoms with Gasteiger partial charge in [0.1, 0.15) is 11.5 Å². The molecule has 24 heavy (non-hydrogen) atoms. The highest BCUT2D eigenvalue weighted by atomic mass is 32.2. The van der Waals surface area contributed by atoms with Crippen LogP contribution in [0.2, 0.25) is 0 Å². The van der Waals surface area contributed by atoms with Crippen molar-refractivity contribution in [1.82, 2.24) is 19.8 Å². The Bertz CT molecular complexity index is 698. The fourth-order valence-electron chi connectivity index (χ4n) is 3.06. The van der Waals surface area contributed by atoms with E-state index in [4.69, 9.17) is 0 Å². The molecule has 2 saturated heterocycles. The van der Waals surface area contributed by atoms with Crippen molar-refractivity contribution in [3.8, 4) is 0 Å². The summed E-state index contributed by atoms with van der Waals surface area (Å²) in [6, 6.07) is -0.276. The van der Waals surface area contributed by atoms with Crippen molar-refractivity contribution in [1.29, 1.82) is 0 Å². The van der Waals surface area contributed by atoms with Gasteiger partial charge >= 0.3 is 0 Å². The van der Waals surface area contributed by atoms with Gasteiger partial charge in [-0.3, -0.25) is 4.79 Å². The lowest BCUT2D eigenvalue weighted by Gasteiger charge is -2.33. The number of carbonyl (C=O) groups excluding carboxylic acids is 1. The van der Waals surface area contributed by atoms with E-state index >= 15 is 0 Å². The summed E-state index contributed by atoms with van der Waals surface area (Å²) in [6.07, 6.45) is 3.59. The molecule has 0 radical (unpaired) electrons. The van der Waals surface area contributed by atoms with Crippen LogP contribution in [-0.4, -0.2) is 91.9 Å². The van der Waals surface area contributed by atoms with Gasteiger partial charge in [0.05, 0.1) is 23.9 Å². The van der Waals surface area contributed by atoms with Gasteiger partial charge in [0.15, 0.2) is 9.84 Å². The summed E-state index contributed by atoms with van der Waals surface area (Å²) in [4.78, 5) is 27.0. The van der Waals surface area contributed by atoms with E-state index in [9.17, 15) is 13.2 Å². The Hall–Kier alpha value is -1.74. The summed E-state index contributed by atoms with van der Waals surface area (Å²) in [5.41, 5.74) is 0.250. The largest absolute Gasteiger partial charge is 0.353 e. The van der Waals surface area contributed by atoms with Crippen molar-refractivity contribution < 1.29 is 13.2 Å². The highest BCUT2D eigenvalue weighted by Gasteiger charge is 2.33. The molecule has 1 atom stereocenters. The smallest absolute Gasteiger partial charge is 0.274 e. The quantitative estimate of drug-likeness (QED) is 0.723. The molecule has 2 aliphatic heterocycles. The zero-order valence-corrected chi connectivity index (χ0v) is 14.9. The summed E-state index contributed by atoms with van der Waals surface area (Å²) in [5.74, 6) is 0.658. The van der Waals surface area contributed by atoms with Gasteiger partial charge in [-0.25, -0.2) is 18.4 Å². The second kappa shape index (κ2) is 6.64. The second-order valence-corrected chi connectivity index (χ2v) is 8.75. The summed E-state index contributed by atoms with van der Waals surface area (Å²) in [6.45, 7) is 3.72. The molecule has 8 nitrogen and oxygen atoms in total. The highest BCUT2D eigenvalue weighted by Crippen LogP contribution is 2.18. The molecule has 1 aromatic heterocycles. The lowest BCUT2D eigenvalue weighted by Crippen LogP contribution is -2.45. The highest BCUT2D eigenvalue weighted by molar-refractivity contribution is 7.91. The molecular weight excluding hydrogens is 330 g/mol. The van der Waals surface area contributed by atoms with Crippen LogP contribution in [-0.2, 0) is 9.84 Å². The summed E-state index contributed by atoms with van der Waals surface area (Å²) >= 11 is 0. The van der Waals surface area contributed by atoms with Crippen LogP contribution in [0.5, 0.6) is 0 Å². The fraction of sp³-hybridized carbons (Fsp3) is 0.667. The number of nitrogens with zero attached hydrogens (tertiary/aromatic N) is 5. The van der Waals surface area contributed by atoms with Crippen LogP contribution >= 0.6 is 0 Å². The number of likely N-dealkylation sites (N-methyl/N-ethyl adjacent to an activating group) is 1. The van der Waals surface area contributed by atoms with E-state index in [1.165, 1.54) is 11.1 Å². The predicted molar refractivity (Wildman–Crippen MR) is 90.9 cm³/mol. The Morgan fingerprint density at radius 2 is 1.92 bits per heavy atom. The number of amides is 1. The third-order valence-electron chi connectivity index (χ3n) is 4.76. The molecule has 0 N–H and O–H groups in total. The zero-order chi connectivity index (χ0) is 17.3. The van der Waals surface area contributed by atoms with Crippen molar-refractivity contribution in [2.45, 2.75) is 12.5 Å². The third kappa shape index (κ3) is 3.67. The van der Waals surface area contributed by atoms with Gasteiger partial charge in [0.2, 0.25) is 0 Å². The van der Waals surface area contributed by atoms with Crippen LogP contribution in [0.1, 0.15) is 16.9 Å². The first-order valence-corrected chi connectivity index (χ1v) is 9.91. The van der Waals surface area contributed by atoms with Crippen LogP contribution in [0, 0.1) is 0 Å². The lowest BCUT2D eigenvalue weighted by atomic mass is 10.2. The molecule has 3 heterocycles. The normalized spacial score (nSPS) is 24.1. The molecule has 1 unspecified atom stereocenters. The first-order chi connectivity index (χ1) is 11.4. The van der Waals surface area contributed by atoms with Gasteiger partial charge in [0, 0.05) is 39.3 Å². The summed E-state index contributed by atoms with van der Waals surface area (Å²) in [7, 11) is 0.694. The van der Waals surface area contributed by atoms with Gasteiger partial charge in [-0.05, 0) is 13.5 Å². The number of carbonyl (C=O) groups is 1. The van der Waals surface area contributed by atoms with Gasteiger partial charge in [-0.2, -0.15) is 0 Å². The summed E-state index contributed by atoms with van der Waals surface area (Å²) in [5, 5.41) is 0. The SMILES string of the molecule is CN1CCN(c2cnc(C(=O)N(C)C3CCS(=O)(=O)C3)cn2)CC1. The van der Waals surface area contributed by atoms with E-state index in [2.05, 4.69) is 26.8 Å². The van der Waals surface area contributed by atoms with Crippen molar-refractivity contribution in [2.24, 2.45) is 0 Å². The molecule has 2 fully saturated rings. The first kappa shape index (κ1) is 17.1. The number of aromatic nitrogens is 2. The molecule has 0 aromatic carbocycles. The molecule has 132 valence electrons.